The largest absolute Gasteiger partial charge is 0.461 e. The third kappa shape index (κ3) is 2.84. The van der Waals surface area contributed by atoms with E-state index in [0.29, 0.717) is 5.76 Å². The van der Waals surface area contributed by atoms with Crippen molar-refractivity contribution < 1.29 is 9.21 Å². The van der Waals surface area contributed by atoms with Crippen molar-refractivity contribution in [3.05, 3.63) is 78.0 Å². The topological polar surface area (TPSA) is 48.0 Å². The highest BCUT2D eigenvalue weighted by atomic mass is 16.3. The van der Waals surface area contributed by atoms with Crippen molar-refractivity contribution in [2.45, 2.75) is 6.92 Å². The second-order valence-electron chi connectivity index (χ2n) is 4.62. The van der Waals surface area contributed by atoms with Crippen LogP contribution in [0.4, 0.5) is 0 Å². The monoisotopic (exact) mass is 278 g/mol. The van der Waals surface area contributed by atoms with Crippen LogP contribution in [0.15, 0.2) is 65.4 Å². The molecule has 104 valence electrons. The minimum absolute atomic E-state index is 0.160. The number of carbonyl (C=O) groups excluding carboxylic acids is 1. The fourth-order valence-electron chi connectivity index (χ4n) is 2.02. The summed E-state index contributed by atoms with van der Waals surface area (Å²) in [6, 6.07) is 13.2. The molecule has 2 aromatic heterocycles. The molecule has 0 unspecified atom stereocenters. The van der Waals surface area contributed by atoms with Crippen molar-refractivity contribution in [1.82, 2.24) is 9.78 Å². The van der Waals surface area contributed by atoms with Gasteiger partial charge >= 0.3 is 0 Å². The van der Waals surface area contributed by atoms with Crippen molar-refractivity contribution >= 4 is 11.9 Å². The summed E-state index contributed by atoms with van der Waals surface area (Å²) in [4.78, 5) is 11.9. The SMILES string of the molecule is Cc1nn(-c2ccccc2)cc1C=CC(=O)c1ccco1. The second-order valence-corrected chi connectivity index (χ2v) is 4.62. The maximum atomic E-state index is 11.9. The predicted octanol–water partition coefficient (Wildman–Crippen LogP) is 3.67. The van der Waals surface area contributed by atoms with Crippen LogP contribution in [-0.2, 0) is 0 Å². The number of allylic oxidation sites excluding steroid dienone is 1. The molecule has 0 aliphatic rings. The Morgan fingerprint density at radius 3 is 2.71 bits per heavy atom. The van der Waals surface area contributed by atoms with Crippen LogP contribution in [0.3, 0.4) is 0 Å². The van der Waals surface area contributed by atoms with E-state index < -0.39 is 0 Å². The molecule has 2 heterocycles. The molecule has 4 heteroatoms. The van der Waals surface area contributed by atoms with Crippen molar-refractivity contribution in [3.63, 3.8) is 0 Å². The molecule has 0 aliphatic carbocycles. The zero-order chi connectivity index (χ0) is 14.7. The van der Waals surface area contributed by atoms with E-state index in [1.165, 1.54) is 12.3 Å². The Balaban J connectivity index is 1.84. The van der Waals surface area contributed by atoms with Crippen molar-refractivity contribution in [2.24, 2.45) is 0 Å². The standard InChI is InChI=1S/C17H14N2O2/c1-13-14(9-10-16(20)17-8-5-11-21-17)12-19(18-13)15-6-3-2-4-7-15/h2-12H,1H3. The number of para-hydroxylation sites is 1. The maximum absolute atomic E-state index is 11.9. The van der Waals surface area contributed by atoms with E-state index in [0.717, 1.165) is 16.9 Å². The molecular formula is C17H14N2O2. The molecule has 3 rings (SSSR count). The lowest BCUT2D eigenvalue weighted by Gasteiger charge is -1.98. The third-order valence-electron chi connectivity index (χ3n) is 3.14. The summed E-state index contributed by atoms with van der Waals surface area (Å²) < 4.78 is 6.86. The molecule has 0 saturated heterocycles. The summed E-state index contributed by atoms with van der Waals surface area (Å²) in [5.74, 6) is 0.172. The first-order valence-electron chi connectivity index (χ1n) is 6.61. The summed E-state index contributed by atoms with van der Waals surface area (Å²) in [5, 5.41) is 4.45. The Morgan fingerprint density at radius 1 is 1.19 bits per heavy atom. The van der Waals surface area contributed by atoms with E-state index in [2.05, 4.69) is 5.10 Å². The number of rotatable bonds is 4. The normalized spacial score (nSPS) is 11.1. The van der Waals surface area contributed by atoms with E-state index in [9.17, 15) is 4.79 Å². The first-order valence-corrected chi connectivity index (χ1v) is 6.61. The highest BCUT2D eigenvalue weighted by Crippen LogP contribution is 2.13. The smallest absolute Gasteiger partial charge is 0.221 e. The fourth-order valence-corrected chi connectivity index (χ4v) is 2.02. The van der Waals surface area contributed by atoms with E-state index >= 15 is 0 Å². The van der Waals surface area contributed by atoms with Crippen molar-refractivity contribution in [2.75, 3.05) is 0 Å². The van der Waals surface area contributed by atoms with Gasteiger partial charge in [-0.25, -0.2) is 4.68 Å². The van der Waals surface area contributed by atoms with E-state index in [-0.39, 0.29) is 5.78 Å². The van der Waals surface area contributed by atoms with Crippen molar-refractivity contribution in [1.29, 1.82) is 0 Å². The van der Waals surface area contributed by atoms with Crippen LogP contribution < -0.4 is 0 Å². The van der Waals surface area contributed by atoms with Crippen LogP contribution in [0.1, 0.15) is 21.8 Å². The van der Waals surface area contributed by atoms with Gasteiger partial charge in [-0.05, 0) is 43.3 Å². The molecule has 0 saturated carbocycles. The Morgan fingerprint density at radius 2 is 2.00 bits per heavy atom. The molecule has 0 radical (unpaired) electrons. The zero-order valence-corrected chi connectivity index (χ0v) is 11.6. The van der Waals surface area contributed by atoms with E-state index in [4.69, 9.17) is 4.42 Å². The number of furan rings is 1. The van der Waals surface area contributed by atoms with E-state index in [1.54, 1.807) is 22.9 Å². The van der Waals surface area contributed by atoms with Gasteiger partial charge in [0.05, 0.1) is 17.6 Å². The van der Waals surface area contributed by atoms with Gasteiger partial charge in [0, 0.05) is 11.8 Å². The average molecular weight is 278 g/mol. The van der Waals surface area contributed by atoms with Crippen LogP contribution in [0, 0.1) is 6.92 Å². The van der Waals surface area contributed by atoms with Crippen LogP contribution >= 0.6 is 0 Å². The number of hydrogen-bond acceptors (Lipinski definition) is 3. The molecule has 0 aliphatic heterocycles. The average Bonchev–Trinajstić information content (AvgIpc) is 3.16. The first kappa shape index (κ1) is 13.1. The summed E-state index contributed by atoms with van der Waals surface area (Å²) in [5.41, 5.74) is 2.75. The van der Waals surface area contributed by atoms with Crippen molar-refractivity contribution in [3.8, 4) is 5.69 Å². The lowest BCUT2D eigenvalue weighted by atomic mass is 10.2. The van der Waals surface area contributed by atoms with Gasteiger partial charge in [0.15, 0.2) is 5.76 Å². The summed E-state index contributed by atoms with van der Waals surface area (Å²) in [6.45, 7) is 1.91. The number of benzene rings is 1. The van der Waals surface area contributed by atoms with Gasteiger partial charge in [-0.15, -0.1) is 0 Å². The van der Waals surface area contributed by atoms with Gasteiger partial charge in [-0.2, -0.15) is 5.10 Å². The number of carbonyl (C=O) groups is 1. The molecule has 0 atom stereocenters. The summed E-state index contributed by atoms with van der Waals surface area (Å²) in [7, 11) is 0. The van der Waals surface area contributed by atoms with Gasteiger partial charge in [-0.3, -0.25) is 4.79 Å². The van der Waals surface area contributed by atoms with Crippen LogP contribution in [-0.4, -0.2) is 15.6 Å². The third-order valence-corrected chi connectivity index (χ3v) is 3.14. The summed E-state index contributed by atoms with van der Waals surface area (Å²) in [6.07, 6.45) is 6.64. The molecular weight excluding hydrogens is 264 g/mol. The Hall–Kier alpha value is -2.88. The maximum Gasteiger partial charge on any atom is 0.221 e. The van der Waals surface area contributed by atoms with Crippen LogP contribution in [0.25, 0.3) is 11.8 Å². The number of aryl methyl sites for hydroxylation is 1. The number of aromatic nitrogens is 2. The number of ketones is 1. The minimum Gasteiger partial charge on any atom is -0.461 e. The molecule has 3 aromatic rings. The number of hydrogen-bond donors (Lipinski definition) is 0. The lowest BCUT2D eigenvalue weighted by Crippen LogP contribution is -1.93. The van der Waals surface area contributed by atoms with Gasteiger partial charge in [0.2, 0.25) is 5.78 Å². The molecule has 0 N–H and O–H groups in total. The Kier molecular flexibility index (Phi) is 3.51. The molecule has 0 amide bonds. The quantitative estimate of drug-likeness (QED) is 0.540. The Bertz CT molecular complexity index is 768. The minimum atomic E-state index is -0.160. The van der Waals surface area contributed by atoms with Gasteiger partial charge in [-0.1, -0.05) is 18.2 Å². The van der Waals surface area contributed by atoms with E-state index in [1.807, 2.05) is 43.5 Å². The zero-order valence-electron chi connectivity index (χ0n) is 11.6. The highest BCUT2D eigenvalue weighted by molar-refractivity contribution is 6.04. The molecule has 0 spiro atoms. The van der Waals surface area contributed by atoms with Gasteiger partial charge in [0.25, 0.3) is 0 Å². The molecule has 1 aromatic carbocycles. The molecule has 4 nitrogen and oxygen atoms in total. The fraction of sp³-hybridized carbons (Fsp3) is 0.0588. The summed E-state index contributed by atoms with van der Waals surface area (Å²) >= 11 is 0. The molecule has 0 fully saturated rings. The lowest BCUT2D eigenvalue weighted by molar-refractivity contribution is 0.102. The van der Waals surface area contributed by atoms with Gasteiger partial charge < -0.3 is 4.42 Å². The second kappa shape index (κ2) is 5.63. The highest BCUT2D eigenvalue weighted by Gasteiger charge is 2.06. The van der Waals surface area contributed by atoms with Gasteiger partial charge in [0.1, 0.15) is 0 Å². The predicted molar refractivity (Wildman–Crippen MR) is 80.4 cm³/mol. The van der Waals surface area contributed by atoms with Crippen LogP contribution in [0.2, 0.25) is 0 Å². The molecule has 0 bridgehead atoms. The first-order chi connectivity index (χ1) is 10.2. The van der Waals surface area contributed by atoms with Crippen LogP contribution in [0.5, 0.6) is 0 Å². The Labute approximate surface area is 122 Å². The molecule has 21 heavy (non-hydrogen) atoms. The number of nitrogens with zero attached hydrogens (tertiary/aromatic N) is 2.